The molecule has 0 aliphatic heterocycles. The van der Waals surface area contributed by atoms with Crippen molar-refractivity contribution in [3.8, 4) is 66.9 Å². The zero-order chi connectivity index (χ0) is 37.5. The van der Waals surface area contributed by atoms with Crippen LogP contribution in [0, 0.1) is 0 Å². The highest BCUT2D eigenvalue weighted by atomic mass is 14.7. The fraction of sp³-hybridized carbons (Fsp3) is 0.0182. The molecule has 1 spiro atoms. The number of aromatic nitrogens is 2. The first-order valence-corrected chi connectivity index (χ1v) is 19.6. The van der Waals surface area contributed by atoms with Gasteiger partial charge in [0.15, 0.2) is 0 Å². The van der Waals surface area contributed by atoms with Crippen molar-refractivity contribution in [3.05, 3.63) is 229 Å². The molecule has 2 nitrogen and oxygen atoms in total. The van der Waals surface area contributed by atoms with Crippen LogP contribution < -0.4 is 0 Å². The van der Waals surface area contributed by atoms with Gasteiger partial charge in [-0.25, -0.2) is 0 Å². The zero-order valence-electron chi connectivity index (χ0n) is 31.0. The lowest BCUT2D eigenvalue weighted by molar-refractivity contribution is 0.788. The molecule has 8 aromatic carbocycles. The van der Waals surface area contributed by atoms with Crippen molar-refractivity contribution in [3.63, 3.8) is 0 Å². The zero-order valence-corrected chi connectivity index (χ0v) is 31.0. The van der Waals surface area contributed by atoms with Gasteiger partial charge in [0.2, 0.25) is 0 Å². The van der Waals surface area contributed by atoms with Gasteiger partial charge in [-0.1, -0.05) is 170 Å². The molecule has 0 saturated heterocycles. The van der Waals surface area contributed by atoms with Gasteiger partial charge in [0.05, 0.1) is 11.1 Å². The third-order valence-corrected chi connectivity index (χ3v) is 12.5. The number of hydrogen-bond donors (Lipinski definition) is 0. The van der Waals surface area contributed by atoms with Crippen molar-refractivity contribution in [1.82, 2.24) is 9.97 Å². The summed E-state index contributed by atoms with van der Waals surface area (Å²) in [6.45, 7) is 0. The van der Waals surface area contributed by atoms with E-state index in [-0.39, 0.29) is 0 Å². The maximum atomic E-state index is 5.26. The number of hydrogen-bond acceptors (Lipinski definition) is 2. The molecule has 0 fully saturated rings. The highest BCUT2D eigenvalue weighted by Crippen LogP contribution is 2.62. The molecule has 0 N–H and O–H groups in total. The Morgan fingerprint density at radius 3 is 1.47 bits per heavy atom. The molecule has 0 bridgehead atoms. The van der Waals surface area contributed by atoms with Gasteiger partial charge in [-0.2, -0.15) is 0 Å². The Kier molecular flexibility index (Phi) is 6.88. The molecule has 2 heterocycles. The molecule has 0 radical (unpaired) electrons. The maximum absolute atomic E-state index is 5.26. The summed E-state index contributed by atoms with van der Waals surface area (Å²) in [6, 6.07) is 68.6. The van der Waals surface area contributed by atoms with E-state index in [2.05, 4.69) is 200 Å². The minimum absolute atomic E-state index is 0.434. The Bertz CT molecular complexity index is 3090. The fourth-order valence-electron chi connectivity index (χ4n) is 10.0. The standard InChI is InChI=1S/C55H34N2/c1-2-12-35(13-3-1)36-22-24-37(25-23-36)53-44-16-4-6-18-46(44)54(47-19-7-5-17-45(47)53)52-29-27-39(33-57-52)38-26-28-42-40-14-8-10-20-48(40)55(50(42)32-38)49-21-11-9-15-41(49)43-30-31-56-34-51(43)55/h1-34H. The maximum Gasteiger partial charge on any atom is 0.0740 e. The Hall–Kier alpha value is -7.42. The van der Waals surface area contributed by atoms with E-state index in [4.69, 9.17) is 9.97 Å². The molecule has 1 unspecified atom stereocenters. The van der Waals surface area contributed by atoms with Crippen molar-refractivity contribution in [1.29, 1.82) is 0 Å². The smallest absolute Gasteiger partial charge is 0.0740 e. The molecule has 57 heavy (non-hydrogen) atoms. The lowest BCUT2D eigenvalue weighted by Crippen LogP contribution is -2.26. The van der Waals surface area contributed by atoms with Gasteiger partial charge in [-0.15, -0.1) is 0 Å². The van der Waals surface area contributed by atoms with Crippen LogP contribution in [0.3, 0.4) is 0 Å². The molecular formula is C55H34N2. The lowest BCUT2D eigenvalue weighted by Gasteiger charge is -2.30. The number of pyridine rings is 2. The largest absolute Gasteiger partial charge is 0.264 e. The van der Waals surface area contributed by atoms with Crippen LogP contribution in [0.4, 0.5) is 0 Å². The third-order valence-electron chi connectivity index (χ3n) is 12.5. The van der Waals surface area contributed by atoms with Gasteiger partial charge in [0, 0.05) is 29.7 Å². The third kappa shape index (κ3) is 4.53. The molecule has 10 aromatic rings. The molecule has 2 aliphatic rings. The van der Waals surface area contributed by atoms with Crippen molar-refractivity contribution in [2.24, 2.45) is 0 Å². The Labute approximate surface area is 331 Å². The first-order chi connectivity index (χ1) is 28.3. The Morgan fingerprint density at radius 2 is 0.825 bits per heavy atom. The van der Waals surface area contributed by atoms with Crippen LogP contribution in [-0.4, -0.2) is 9.97 Å². The second-order valence-electron chi connectivity index (χ2n) is 15.2. The molecule has 1 atom stereocenters. The van der Waals surface area contributed by atoms with Crippen LogP contribution >= 0.6 is 0 Å². The normalized spacial score (nSPS) is 14.7. The van der Waals surface area contributed by atoms with Crippen molar-refractivity contribution < 1.29 is 0 Å². The SMILES string of the molecule is c1ccc(-c2ccc(-c3c4ccccc4c(-c4ccc(-c5ccc6c(c5)C5(c7ccccc7-c7ccncc75)c5ccccc5-6)cn4)c4ccccc34)cc2)cc1. The van der Waals surface area contributed by atoms with E-state index >= 15 is 0 Å². The summed E-state index contributed by atoms with van der Waals surface area (Å²) in [4.78, 5) is 9.95. The molecule has 0 amide bonds. The van der Waals surface area contributed by atoms with E-state index in [9.17, 15) is 0 Å². The number of fused-ring (bicyclic) bond motifs is 12. The Morgan fingerprint density at radius 1 is 0.316 bits per heavy atom. The average Bonchev–Trinajstić information content (AvgIpc) is 3.76. The fourth-order valence-corrected chi connectivity index (χ4v) is 10.0. The van der Waals surface area contributed by atoms with Crippen molar-refractivity contribution >= 4 is 21.5 Å². The first-order valence-electron chi connectivity index (χ1n) is 19.6. The number of benzene rings is 8. The number of rotatable bonds is 4. The van der Waals surface area contributed by atoms with Gasteiger partial charge in [0.1, 0.15) is 0 Å². The molecule has 0 saturated carbocycles. The minimum atomic E-state index is -0.434. The molecular weight excluding hydrogens is 689 g/mol. The highest BCUT2D eigenvalue weighted by molar-refractivity contribution is 6.21. The Balaban J connectivity index is 0.995. The second-order valence-corrected chi connectivity index (χ2v) is 15.2. The van der Waals surface area contributed by atoms with Crippen LogP contribution in [0.15, 0.2) is 207 Å². The first kappa shape index (κ1) is 31.9. The molecule has 264 valence electrons. The van der Waals surface area contributed by atoms with E-state index in [1.807, 2.05) is 6.20 Å². The monoisotopic (exact) mass is 722 g/mol. The molecule has 2 aromatic heterocycles. The van der Waals surface area contributed by atoms with E-state index in [0.717, 1.165) is 22.4 Å². The van der Waals surface area contributed by atoms with Crippen molar-refractivity contribution in [2.45, 2.75) is 5.41 Å². The van der Waals surface area contributed by atoms with Crippen LogP contribution in [0.25, 0.3) is 88.4 Å². The minimum Gasteiger partial charge on any atom is -0.264 e. The van der Waals surface area contributed by atoms with E-state index in [1.165, 1.54) is 88.3 Å². The van der Waals surface area contributed by atoms with Gasteiger partial charge in [-0.3, -0.25) is 9.97 Å². The van der Waals surface area contributed by atoms with Gasteiger partial charge < -0.3 is 0 Å². The number of nitrogens with zero attached hydrogens (tertiary/aromatic N) is 2. The molecule has 2 aliphatic carbocycles. The summed E-state index contributed by atoms with van der Waals surface area (Å²) < 4.78 is 0. The van der Waals surface area contributed by atoms with Crippen LogP contribution in [-0.2, 0) is 5.41 Å². The summed E-state index contributed by atoms with van der Waals surface area (Å²) in [6.07, 6.45) is 6.07. The highest BCUT2D eigenvalue weighted by Gasteiger charge is 2.51. The molecule has 2 heteroatoms. The summed E-state index contributed by atoms with van der Waals surface area (Å²) in [5.41, 5.74) is 19.1. The van der Waals surface area contributed by atoms with Crippen LogP contribution in [0.5, 0.6) is 0 Å². The topological polar surface area (TPSA) is 25.8 Å². The quantitative estimate of drug-likeness (QED) is 0.169. The predicted octanol–water partition coefficient (Wildman–Crippen LogP) is 13.8. The lowest BCUT2D eigenvalue weighted by atomic mass is 9.70. The average molecular weight is 723 g/mol. The van der Waals surface area contributed by atoms with Crippen molar-refractivity contribution in [2.75, 3.05) is 0 Å². The summed E-state index contributed by atoms with van der Waals surface area (Å²) in [5, 5.41) is 4.84. The van der Waals surface area contributed by atoms with Gasteiger partial charge >= 0.3 is 0 Å². The summed E-state index contributed by atoms with van der Waals surface area (Å²) in [5.74, 6) is 0. The summed E-state index contributed by atoms with van der Waals surface area (Å²) in [7, 11) is 0. The van der Waals surface area contributed by atoms with E-state index < -0.39 is 5.41 Å². The van der Waals surface area contributed by atoms with E-state index in [0.29, 0.717) is 0 Å². The molecule has 12 rings (SSSR count). The van der Waals surface area contributed by atoms with Gasteiger partial charge in [0.25, 0.3) is 0 Å². The second kappa shape index (κ2) is 12.3. The van der Waals surface area contributed by atoms with E-state index in [1.54, 1.807) is 0 Å². The summed E-state index contributed by atoms with van der Waals surface area (Å²) >= 11 is 0. The predicted molar refractivity (Wildman–Crippen MR) is 235 cm³/mol. The van der Waals surface area contributed by atoms with Gasteiger partial charge in [-0.05, 0) is 112 Å². The van der Waals surface area contributed by atoms with Crippen LogP contribution in [0.1, 0.15) is 22.3 Å². The van der Waals surface area contributed by atoms with Crippen LogP contribution in [0.2, 0.25) is 0 Å².